The zero-order valence-electron chi connectivity index (χ0n) is 15.8. The highest BCUT2D eigenvalue weighted by Crippen LogP contribution is 2.18. The highest BCUT2D eigenvalue weighted by Gasteiger charge is 2.17. The molecule has 0 saturated carbocycles. The topological polar surface area (TPSA) is 53.4 Å². The summed E-state index contributed by atoms with van der Waals surface area (Å²) in [4.78, 5) is 22.3. The van der Waals surface area contributed by atoms with Crippen molar-refractivity contribution in [3.63, 3.8) is 0 Å². The van der Waals surface area contributed by atoms with Crippen LogP contribution in [0.15, 0.2) is 23.8 Å². The van der Waals surface area contributed by atoms with Crippen LogP contribution in [0.1, 0.15) is 36.2 Å². The fourth-order valence-electron chi connectivity index (χ4n) is 2.53. The summed E-state index contributed by atoms with van der Waals surface area (Å²) < 4.78 is 2.08. The quantitative estimate of drug-likeness (QED) is 0.784. The number of hydrogen-bond donors (Lipinski definition) is 1. The first-order chi connectivity index (χ1) is 11.9. The Morgan fingerprint density at radius 1 is 1.36 bits per heavy atom. The number of carbonyl (C=O) groups excluding carboxylic acids is 1. The molecule has 0 bridgehead atoms. The van der Waals surface area contributed by atoms with Crippen molar-refractivity contribution in [1.82, 2.24) is 24.7 Å². The van der Waals surface area contributed by atoms with Crippen LogP contribution in [-0.4, -0.2) is 52.6 Å². The summed E-state index contributed by atoms with van der Waals surface area (Å²) in [6.07, 6.45) is 3.73. The number of aryl methyl sites for hydroxylation is 1. The Bertz CT molecular complexity index is 677. The third-order valence-electron chi connectivity index (χ3n) is 4.11. The Morgan fingerprint density at radius 2 is 2.12 bits per heavy atom. The SMILES string of the molecule is Cc1ccsc1CN(CCN(C)C)C(=O)NCc1nccn1C(C)C. The van der Waals surface area contributed by atoms with Gasteiger partial charge in [0.15, 0.2) is 0 Å². The van der Waals surface area contributed by atoms with Crippen molar-refractivity contribution in [2.45, 2.75) is 39.9 Å². The molecule has 0 aliphatic heterocycles. The number of hydrogen-bond acceptors (Lipinski definition) is 4. The van der Waals surface area contributed by atoms with Gasteiger partial charge in [0, 0.05) is 36.4 Å². The molecule has 2 aromatic heterocycles. The molecule has 2 aromatic rings. The van der Waals surface area contributed by atoms with Crippen LogP contribution in [0.25, 0.3) is 0 Å². The van der Waals surface area contributed by atoms with Crippen molar-refractivity contribution < 1.29 is 4.79 Å². The highest BCUT2D eigenvalue weighted by atomic mass is 32.1. The van der Waals surface area contributed by atoms with Gasteiger partial charge < -0.3 is 19.7 Å². The van der Waals surface area contributed by atoms with Crippen LogP contribution < -0.4 is 5.32 Å². The first-order valence-corrected chi connectivity index (χ1v) is 9.48. The molecule has 0 saturated heterocycles. The summed E-state index contributed by atoms with van der Waals surface area (Å²) in [5.74, 6) is 0.878. The van der Waals surface area contributed by atoms with Crippen LogP contribution in [0.4, 0.5) is 4.79 Å². The van der Waals surface area contributed by atoms with Gasteiger partial charge >= 0.3 is 6.03 Å². The van der Waals surface area contributed by atoms with Gasteiger partial charge in [-0.05, 0) is 51.9 Å². The standard InChI is InChI=1S/C18H29N5OS/c1-14(2)23-8-7-19-17(23)12-20-18(24)22(10-9-21(4)5)13-16-15(3)6-11-25-16/h6-8,11,14H,9-10,12-13H2,1-5H3,(H,20,24). The summed E-state index contributed by atoms with van der Waals surface area (Å²) in [7, 11) is 4.04. The number of urea groups is 1. The second-order valence-electron chi connectivity index (χ2n) is 6.75. The Labute approximate surface area is 154 Å². The van der Waals surface area contributed by atoms with E-state index in [4.69, 9.17) is 0 Å². The van der Waals surface area contributed by atoms with Gasteiger partial charge in [-0.2, -0.15) is 0 Å². The number of rotatable bonds is 8. The summed E-state index contributed by atoms with van der Waals surface area (Å²) in [5, 5.41) is 5.10. The fourth-order valence-corrected chi connectivity index (χ4v) is 3.45. The first-order valence-electron chi connectivity index (χ1n) is 8.60. The van der Waals surface area contributed by atoms with Crippen LogP contribution in [0.3, 0.4) is 0 Å². The van der Waals surface area contributed by atoms with E-state index in [9.17, 15) is 4.79 Å². The number of imidazole rings is 1. The predicted molar refractivity (Wildman–Crippen MR) is 103 cm³/mol. The van der Waals surface area contributed by atoms with Crippen LogP contribution >= 0.6 is 11.3 Å². The largest absolute Gasteiger partial charge is 0.331 e. The Balaban J connectivity index is 2.01. The maximum Gasteiger partial charge on any atom is 0.318 e. The summed E-state index contributed by atoms with van der Waals surface area (Å²) in [5.41, 5.74) is 1.24. The van der Waals surface area contributed by atoms with Crippen LogP contribution in [-0.2, 0) is 13.1 Å². The Morgan fingerprint density at radius 3 is 2.72 bits per heavy atom. The smallest absolute Gasteiger partial charge is 0.318 e. The number of carbonyl (C=O) groups is 1. The second-order valence-corrected chi connectivity index (χ2v) is 7.76. The lowest BCUT2D eigenvalue weighted by Crippen LogP contribution is -2.42. The molecule has 25 heavy (non-hydrogen) atoms. The van der Waals surface area contributed by atoms with Gasteiger partial charge in [0.1, 0.15) is 5.82 Å². The molecule has 6 nitrogen and oxygen atoms in total. The molecule has 0 fully saturated rings. The number of likely N-dealkylation sites (N-methyl/N-ethyl adjacent to an activating group) is 1. The van der Waals surface area contributed by atoms with Gasteiger partial charge in [-0.25, -0.2) is 9.78 Å². The highest BCUT2D eigenvalue weighted by molar-refractivity contribution is 7.10. The normalized spacial score (nSPS) is 11.3. The maximum absolute atomic E-state index is 12.7. The van der Waals surface area contributed by atoms with Crippen molar-refractivity contribution in [3.05, 3.63) is 40.1 Å². The molecule has 2 amide bonds. The summed E-state index contributed by atoms with van der Waals surface area (Å²) in [6, 6.07) is 2.38. The van der Waals surface area contributed by atoms with Crippen LogP contribution in [0.5, 0.6) is 0 Å². The molecule has 7 heteroatoms. The molecular formula is C18H29N5OS. The predicted octanol–water partition coefficient (Wildman–Crippen LogP) is 3.11. The van der Waals surface area contributed by atoms with Crippen molar-refractivity contribution in [3.8, 4) is 0 Å². The number of nitrogens with one attached hydrogen (secondary N) is 1. The summed E-state index contributed by atoms with van der Waals surface area (Å²) in [6.45, 7) is 8.90. The average molecular weight is 364 g/mol. The fraction of sp³-hybridized carbons (Fsp3) is 0.556. The van der Waals surface area contributed by atoms with Crippen molar-refractivity contribution in [1.29, 1.82) is 0 Å². The molecule has 1 N–H and O–H groups in total. The zero-order valence-corrected chi connectivity index (χ0v) is 16.6. The molecule has 0 aromatic carbocycles. The lowest BCUT2D eigenvalue weighted by molar-refractivity contribution is 0.188. The van der Waals surface area contributed by atoms with E-state index in [2.05, 4.69) is 52.0 Å². The van der Waals surface area contributed by atoms with E-state index in [1.165, 1.54) is 10.4 Å². The number of nitrogens with zero attached hydrogens (tertiary/aromatic N) is 4. The average Bonchev–Trinajstić information content (AvgIpc) is 3.18. The monoisotopic (exact) mass is 363 g/mol. The third kappa shape index (κ3) is 5.57. The minimum atomic E-state index is -0.0482. The molecule has 0 unspecified atom stereocenters. The van der Waals surface area contributed by atoms with E-state index >= 15 is 0 Å². The second kappa shape index (κ2) is 9.01. The van der Waals surface area contributed by atoms with Crippen LogP contribution in [0.2, 0.25) is 0 Å². The maximum atomic E-state index is 12.7. The molecule has 2 heterocycles. The molecule has 0 atom stereocenters. The Kier molecular flexibility index (Phi) is 7.01. The van der Waals surface area contributed by atoms with Crippen molar-refractivity contribution >= 4 is 17.4 Å². The minimum Gasteiger partial charge on any atom is -0.331 e. The zero-order chi connectivity index (χ0) is 18.4. The number of aromatic nitrogens is 2. The third-order valence-corrected chi connectivity index (χ3v) is 5.12. The van der Waals surface area contributed by atoms with Crippen molar-refractivity contribution in [2.75, 3.05) is 27.2 Å². The minimum absolute atomic E-state index is 0.0482. The lowest BCUT2D eigenvalue weighted by atomic mass is 10.3. The van der Waals surface area contributed by atoms with E-state index in [0.717, 1.165) is 12.4 Å². The summed E-state index contributed by atoms with van der Waals surface area (Å²) >= 11 is 1.70. The van der Waals surface area contributed by atoms with Gasteiger partial charge in [-0.3, -0.25) is 0 Å². The van der Waals surface area contributed by atoms with E-state index in [0.29, 0.717) is 25.7 Å². The molecule has 0 spiro atoms. The van der Waals surface area contributed by atoms with Crippen molar-refractivity contribution in [2.24, 2.45) is 0 Å². The Hall–Kier alpha value is -1.86. The molecule has 0 aliphatic rings. The molecule has 0 radical (unpaired) electrons. The number of amides is 2. The number of thiophene rings is 1. The van der Waals surface area contributed by atoms with Gasteiger partial charge in [0.2, 0.25) is 0 Å². The molecule has 138 valence electrons. The van der Waals surface area contributed by atoms with E-state index in [1.807, 2.05) is 25.2 Å². The van der Waals surface area contributed by atoms with Gasteiger partial charge in [0.25, 0.3) is 0 Å². The molecule has 0 aliphatic carbocycles. The van der Waals surface area contributed by atoms with Crippen LogP contribution in [0, 0.1) is 6.92 Å². The van der Waals surface area contributed by atoms with Gasteiger partial charge in [0.05, 0.1) is 13.1 Å². The van der Waals surface area contributed by atoms with Gasteiger partial charge in [-0.1, -0.05) is 0 Å². The lowest BCUT2D eigenvalue weighted by Gasteiger charge is -2.25. The van der Waals surface area contributed by atoms with Gasteiger partial charge in [-0.15, -0.1) is 11.3 Å². The van der Waals surface area contributed by atoms with E-state index < -0.39 is 0 Å². The molecule has 2 rings (SSSR count). The first kappa shape index (κ1) is 19.5. The van der Waals surface area contributed by atoms with E-state index in [1.54, 1.807) is 17.5 Å². The van der Waals surface area contributed by atoms with E-state index in [-0.39, 0.29) is 6.03 Å². The molecular weight excluding hydrogens is 334 g/mol.